The molecule has 0 saturated carbocycles. The third-order valence-corrected chi connectivity index (χ3v) is 4.70. The number of alkyl halides is 3. The van der Waals surface area contributed by atoms with Crippen LogP contribution in [0.25, 0.3) is 5.69 Å². The van der Waals surface area contributed by atoms with E-state index < -0.39 is 23.7 Å². The van der Waals surface area contributed by atoms with Gasteiger partial charge < -0.3 is 16.2 Å². The Morgan fingerprint density at radius 1 is 1.16 bits per heavy atom. The predicted molar refractivity (Wildman–Crippen MR) is 110 cm³/mol. The number of aromatic nitrogens is 1. The summed E-state index contributed by atoms with van der Waals surface area (Å²) >= 11 is 0. The number of nitrogens with zero attached hydrogens (tertiary/aromatic N) is 1. The minimum atomic E-state index is -4.56. The molecule has 1 atom stereocenters. The van der Waals surface area contributed by atoms with Crippen molar-refractivity contribution >= 4 is 11.6 Å². The summed E-state index contributed by atoms with van der Waals surface area (Å²) in [5, 5.41) is 11.9. The number of carbonyl (C=O) groups excluding carboxylic acids is 1. The van der Waals surface area contributed by atoms with Crippen LogP contribution in [0.3, 0.4) is 0 Å². The smallest absolute Gasteiger partial charge is 0.399 e. The SMILES string of the molecule is C[C@@H](NC(=O)c1ccc(=O)n(-c2cccc(CO)c2)c1)c1cc(N)cc(C(F)(F)F)c1. The standard InChI is InChI=1S/C22H20F3N3O3/c1-13(16-8-17(22(23,24)25)10-18(26)9-16)27-21(31)15-5-6-20(30)28(11-15)19-4-2-3-14(7-19)12-29/h2-11,13,29H,12,26H2,1H3,(H,27,31)/t13-/m1/s1. The van der Waals surface area contributed by atoms with Gasteiger partial charge in [-0.25, -0.2) is 0 Å². The lowest BCUT2D eigenvalue weighted by Gasteiger charge is -2.17. The minimum Gasteiger partial charge on any atom is -0.399 e. The molecule has 0 saturated heterocycles. The highest BCUT2D eigenvalue weighted by Gasteiger charge is 2.31. The number of nitrogens with two attached hydrogens (primary N) is 1. The molecule has 6 nitrogen and oxygen atoms in total. The van der Waals surface area contributed by atoms with Gasteiger partial charge in [0.15, 0.2) is 0 Å². The first-order valence-electron chi connectivity index (χ1n) is 9.30. The fraction of sp³-hybridized carbons (Fsp3) is 0.182. The van der Waals surface area contributed by atoms with Gasteiger partial charge in [-0.15, -0.1) is 0 Å². The fourth-order valence-electron chi connectivity index (χ4n) is 3.08. The molecule has 0 spiro atoms. The molecule has 0 aliphatic rings. The molecule has 2 aromatic carbocycles. The van der Waals surface area contributed by atoms with Crippen molar-refractivity contribution in [2.24, 2.45) is 0 Å². The molecule has 0 aliphatic carbocycles. The quantitative estimate of drug-likeness (QED) is 0.540. The third kappa shape index (κ3) is 5.13. The van der Waals surface area contributed by atoms with E-state index in [1.54, 1.807) is 24.3 Å². The van der Waals surface area contributed by atoms with E-state index >= 15 is 0 Å². The Labute approximate surface area is 175 Å². The van der Waals surface area contributed by atoms with Gasteiger partial charge in [0.25, 0.3) is 11.5 Å². The number of amides is 1. The Kier molecular flexibility index (Phi) is 6.16. The molecule has 9 heteroatoms. The van der Waals surface area contributed by atoms with Gasteiger partial charge in [0.2, 0.25) is 0 Å². The molecule has 4 N–H and O–H groups in total. The number of nitrogens with one attached hydrogen (secondary N) is 1. The van der Waals surface area contributed by atoms with E-state index in [-0.39, 0.29) is 29.0 Å². The van der Waals surface area contributed by atoms with E-state index in [4.69, 9.17) is 5.73 Å². The molecule has 0 bridgehead atoms. The van der Waals surface area contributed by atoms with Crippen LogP contribution in [-0.4, -0.2) is 15.6 Å². The molecule has 31 heavy (non-hydrogen) atoms. The first kappa shape index (κ1) is 22.1. The first-order chi connectivity index (χ1) is 14.6. The average molecular weight is 431 g/mol. The highest BCUT2D eigenvalue weighted by atomic mass is 19.4. The molecule has 0 aliphatic heterocycles. The van der Waals surface area contributed by atoms with Crippen LogP contribution in [0.2, 0.25) is 0 Å². The first-order valence-corrected chi connectivity index (χ1v) is 9.30. The summed E-state index contributed by atoms with van der Waals surface area (Å²) in [4.78, 5) is 24.9. The summed E-state index contributed by atoms with van der Waals surface area (Å²) in [6.07, 6.45) is -3.23. The highest BCUT2D eigenvalue weighted by Crippen LogP contribution is 2.32. The van der Waals surface area contributed by atoms with Crippen LogP contribution < -0.4 is 16.6 Å². The maximum atomic E-state index is 13.0. The number of aliphatic hydroxyl groups excluding tert-OH is 1. The van der Waals surface area contributed by atoms with Gasteiger partial charge in [-0.2, -0.15) is 13.2 Å². The predicted octanol–water partition coefficient (Wildman–Crippen LogP) is 3.42. The van der Waals surface area contributed by atoms with Crippen molar-refractivity contribution in [2.75, 3.05) is 5.73 Å². The molecule has 162 valence electrons. The number of nitrogen functional groups attached to an aromatic ring is 1. The molecule has 3 rings (SSSR count). The zero-order valence-electron chi connectivity index (χ0n) is 16.5. The van der Waals surface area contributed by atoms with Crippen molar-refractivity contribution < 1.29 is 23.1 Å². The average Bonchev–Trinajstić information content (AvgIpc) is 2.73. The van der Waals surface area contributed by atoms with Gasteiger partial charge in [0.05, 0.1) is 23.8 Å². The van der Waals surface area contributed by atoms with Crippen molar-refractivity contribution in [1.82, 2.24) is 9.88 Å². The van der Waals surface area contributed by atoms with E-state index in [2.05, 4.69) is 5.32 Å². The van der Waals surface area contributed by atoms with Gasteiger partial charge in [-0.05, 0) is 54.4 Å². The fourth-order valence-corrected chi connectivity index (χ4v) is 3.08. The van der Waals surface area contributed by atoms with Crippen LogP contribution in [0.4, 0.5) is 18.9 Å². The highest BCUT2D eigenvalue weighted by molar-refractivity contribution is 5.94. The summed E-state index contributed by atoms with van der Waals surface area (Å²) < 4.78 is 40.4. The third-order valence-electron chi connectivity index (χ3n) is 4.70. The Balaban J connectivity index is 1.87. The molecule has 1 amide bonds. The Bertz CT molecular complexity index is 1170. The van der Waals surface area contributed by atoms with Crippen LogP contribution in [0.15, 0.2) is 65.6 Å². The van der Waals surface area contributed by atoms with Crippen molar-refractivity contribution in [2.45, 2.75) is 25.7 Å². The Hall–Kier alpha value is -3.59. The number of hydrogen-bond acceptors (Lipinski definition) is 4. The van der Waals surface area contributed by atoms with Crippen LogP contribution >= 0.6 is 0 Å². The molecule has 1 aromatic heterocycles. The van der Waals surface area contributed by atoms with Crippen molar-refractivity contribution in [3.8, 4) is 5.69 Å². The van der Waals surface area contributed by atoms with E-state index in [1.165, 1.54) is 35.9 Å². The van der Waals surface area contributed by atoms with E-state index in [1.807, 2.05) is 0 Å². The van der Waals surface area contributed by atoms with E-state index in [0.717, 1.165) is 12.1 Å². The van der Waals surface area contributed by atoms with Crippen LogP contribution in [-0.2, 0) is 12.8 Å². The Morgan fingerprint density at radius 2 is 1.90 bits per heavy atom. The zero-order valence-corrected chi connectivity index (χ0v) is 16.5. The minimum absolute atomic E-state index is 0.0664. The number of hydrogen-bond donors (Lipinski definition) is 3. The van der Waals surface area contributed by atoms with E-state index in [0.29, 0.717) is 11.3 Å². The molecule has 3 aromatic rings. The number of aliphatic hydroxyl groups is 1. The normalized spacial score (nSPS) is 12.4. The summed E-state index contributed by atoms with van der Waals surface area (Å²) in [5.41, 5.74) is 5.63. The van der Waals surface area contributed by atoms with Crippen LogP contribution in [0, 0.1) is 0 Å². The number of carbonyl (C=O) groups is 1. The number of halogens is 3. The van der Waals surface area contributed by atoms with Crippen molar-refractivity contribution in [3.05, 3.63) is 93.4 Å². The van der Waals surface area contributed by atoms with Crippen molar-refractivity contribution in [1.29, 1.82) is 0 Å². The number of rotatable bonds is 5. The molecule has 0 unspecified atom stereocenters. The summed E-state index contributed by atoms with van der Waals surface area (Å²) in [6, 6.07) is 11.5. The van der Waals surface area contributed by atoms with E-state index in [9.17, 15) is 27.9 Å². The monoisotopic (exact) mass is 431 g/mol. The molecule has 1 heterocycles. The second-order valence-electron chi connectivity index (χ2n) is 7.04. The Morgan fingerprint density at radius 3 is 2.58 bits per heavy atom. The maximum absolute atomic E-state index is 13.0. The van der Waals surface area contributed by atoms with Crippen LogP contribution in [0.5, 0.6) is 0 Å². The lowest BCUT2D eigenvalue weighted by atomic mass is 10.0. The number of benzene rings is 2. The molecule has 0 radical (unpaired) electrons. The van der Waals surface area contributed by atoms with Gasteiger partial charge in [0, 0.05) is 23.6 Å². The zero-order chi connectivity index (χ0) is 22.8. The molecular formula is C22H20F3N3O3. The maximum Gasteiger partial charge on any atom is 0.416 e. The van der Waals surface area contributed by atoms with Crippen molar-refractivity contribution in [3.63, 3.8) is 0 Å². The summed E-state index contributed by atoms with van der Waals surface area (Å²) in [6.45, 7) is 1.33. The summed E-state index contributed by atoms with van der Waals surface area (Å²) in [7, 11) is 0. The lowest BCUT2D eigenvalue weighted by molar-refractivity contribution is -0.137. The summed E-state index contributed by atoms with van der Waals surface area (Å²) in [5.74, 6) is -0.574. The van der Waals surface area contributed by atoms with Gasteiger partial charge in [-0.3, -0.25) is 14.2 Å². The largest absolute Gasteiger partial charge is 0.416 e. The van der Waals surface area contributed by atoms with Gasteiger partial charge >= 0.3 is 6.18 Å². The molecule has 0 fully saturated rings. The van der Waals surface area contributed by atoms with Gasteiger partial charge in [0.1, 0.15) is 0 Å². The second-order valence-corrected chi connectivity index (χ2v) is 7.04. The molecular weight excluding hydrogens is 411 g/mol. The number of pyridine rings is 1. The number of anilines is 1. The van der Waals surface area contributed by atoms with Crippen LogP contribution in [0.1, 0.15) is 40.0 Å². The second kappa shape index (κ2) is 8.65. The lowest BCUT2D eigenvalue weighted by Crippen LogP contribution is -2.28. The topological polar surface area (TPSA) is 97.3 Å². The van der Waals surface area contributed by atoms with Gasteiger partial charge in [-0.1, -0.05) is 12.1 Å².